The number of nitrogens with one attached hydrogen (secondary N) is 2. The van der Waals surface area contributed by atoms with Crippen molar-refractivity contribution in [1.29, 1.82) is 0 Å². The quantitative estimate of drug-likeness (QED) is 0.630. The van der Waals surface area contributed by atoms with Crippen LogP contribution in [0.4, 0.5) is 10.2 Å². The summed E-state index contributed by atoms with van der Waals surface area (Å²) in [4.78, 5) is 4.43. The fourth-order valence-corrected chi connectivity index (χ4v) is 3.69. The Balaban J connectivity index is 1.44. The fourth-order valence-electron chi connectivity index (χ4n) is 3.69. The molecule has 1 heterocycles. The summed E-state index contributed by atoms with van der Waals surface area (Å²) < 4.78 is 18.5. The number of halogens is 1. The molecule has 0 radical (unpaired) electrons. The molecular formula is C21H28FN3O2. The summed E-state index contributed by atoms with van der Waals surface area (Å²) in [6.07, 6.45) is 6.22. The summed E-state index contributed by atoms with van der Waals surface area (Å²) >= 11 is 0. The molecule has 27 heavy (non-hydrogen) atoms. The van der Waals surface area contributed by atoms with Crippen LogP contribution in [0.15, 0.2) is 36.5 Å². The lowest BCUT2D eigenvalue weighted by atomic mass is 9.99. The monoisotopic (exact) mass is 373 g/mol. The third kappa shape index (κ3) is 5.40. The molecule has 2 atom stereocenters. The van der Waals surface area contributed by atoms with Crippen molar-refractivity contribution in [2.24, 2.45) is 0 Å². The first-order valence-corrected chi connectivity index (χ1v) is 9.56. The van der Waals surface area contributed by atoms with Crippen LogP contribution in [0.3, 0.4) is 0 Å². The van der Waals surface area contributed by atoms with Crippen LogP contribution in [0.2, 0.25) is 0 Å². The summed E-state index contributed by atoms with van der Waals surface area (Å²) in [5, 5.41) is 15.5. The van der Waals surface area contributed by atoms with E-state index in [1.54, 1.807) is 6.07 Å². The molecule has 6 heteroatoms. The highest BCUT2D eigenvalue weighted by molar-refractivity contribution is 5.36. The molecule has 5 nitrogen and oxygen atoms in total. The SMILES string of the molecule is COc1cc(CCN[C@H]2CC[C@@H](c3ccc(NCCO)nc3)C2)ccc1F. The number of aliphatic hydroxyl groups is 1. The molecule has 1 aromatic heterocycles. The Kier molecular flexibility index (Phi) is 7.01. The van der Waals surface area contributed by atoms with Crippen molar-refractivity contribution in [2.75, 3.05) is 32.1 Å². The molecular weight excluding hydrogens is 345 g/mol. The minimum Gasteiger partial charge on any atom is -0.494 e. The smallest absolute Gasteiger partial charge is 0.165 e. The molecule has 0 bridgehead atoms. The number of rotatable bonds is 9. The van der Waals surface area contributed by atoms with Crippen LogP contribution >= 0.6 is 0 Å². The van der Waals surface area contributed by atoms with Gasteiger partial charge in [0.1, 0.15) is 5.82 Å². The zero-order valence-electron chi connectivity index (χ0n) is 15.7. The second kappa shape index (κ2) is 9.67. The van der Waals surface area contributed by atoms with Gasteiger partial charge in [0.05, 0.1) is 13.7 Å². The van der Waals surface area contributed by atoms with E-state index < -0.39 is 0 Å². The normalized spacial score (nSPS) is 19.2. The van der Waals surface area contributed by atoms with E-state index in [0.717, 1.165) is 43.6 Å². The second-order valence-electron chi connectivity index (χ2n) is 7.01. The number of pyridine rings is 1. The Morgan fingerprint density at radius 2 is 2.11 bits per heavy atom. The number of anilines is 1. The molecule has 146 valence electrons. The van der Waals surface area contributed by atoms with Gasteiger partial charge in [0.2, 0.25) is 0 Å². The molecule has 0 unspecified atom stereocenters. The van der Waals surface area contributed by atoms with Crippen molar-refractivity contribution in [3.05, 3.63) is 53.5 Å². The van der Waals surface area contributed by atoms with Crippen LogP contribution in [0.5, 0.6) is 5.75 Å². The Bertz CT molecular complexity index is 724. The highest BCUT2D eigenvalue weighted by atomic mass is 19.1. The number of aromatic nitrogens is 1. The van der Waals surface area contributed by atoms with Gasteiger partial charge in [0, 0.05) is 18.8 Å². The summed E-state index contributed by atoms with van der Waals surface area (Å²) in [7, 11) is 1.49. The van der Waals surface area contributed by atoms with E-state index in [-0.39, 0.29) is 12.4 Å². The first-order chi connectivity index (χ1) is 13.2. The van der Waals surface area contributed by atoms with E-state index in [1.807, 2.05) is 18.3 Å². The Morgan fingerprint density at radius 3 is 2.85 bits per heavy atom. The standard InChI is InChI=1S/C21H28FN3O2/c1-27-20-12-15(2-6-19(20)22)8-9-23-18-5-3-16(13-18)17-4-7-21(25-14-17)24-10-11-26/h2,4,6-7,12,14,16,18,23,26H,3,5,8-11,13H2,1H3,(H,24,25)/t16-,18+/m1/s1. The molecule has 0 amide bonds. The van der Waals surface area contributed by atoms with Crippen LogP contribution in [-0.4, -0.2) is 42.9 Å². The average molecular weight is 373 g/mol. The number of hydrogen-bond donors (Lipinski definition) is 3. The van der Waals surface area contributed by atoms with Crippen molar-refractivity contribution in [3.8, 4) is 5.75 Å². The van der Waals surface area contributed by atoms with Crippen LogP contribution in [0.1, 0.15) is 36.3 Å². The molecule has 1 fully saturated rings. The molecule has 0 aliphatic heterocycles. The van der Waals surface area contributed by atoms with Gasteiger partial charge in [-0.2, -0.15) is 0 Å². The van der Waals surface area contributed by atoms with Crippen LogP contribution in [0.25, 0.3) is 0 Å². The third-order valence-corrected chi connectivity index (χ3v) is 5.17. The largest absolute Gasteiger partial charge is 0.494 e. The lowest BCUT2D eigenvalue weighted by Crippen LogP contribution is -2.28. The molecule has 1 aliphatic rings. The van der Waals surface area contributed by atoms with Crippen molar-refractivity contribution in [2.45, 2.75) is 37.6 Å². The lowest BCUT2D eigenvalue weighted by Gasteiger charge is -2.14. The van der Waals surface area contributed by atoms with Crippen molar-refractivity contribution >= 4 is 5.82 Å². The van der Waals surface area contributed by atoms with Crippen LogP contribution in [0, 0.1) is 5.82 Å². The number of benzene rings is 1. The highest BCUT2D eigenvalue weighted by Gasteiger charge is 2.25. The number of hydrogen-bond acceptors (Lipinski definition) is 5. The first-order valence-electron chi connectivity index (χ1n) is 9.56. The molecule has 1 aliphatic carbocycles. The zero-order valence-corrected chi connectivity index (χ0v) is 15.7. The Morgan fingerprint density at radius 1 is 1.22 bits per heavy atom. The van der Waals surface area contributed by atoms with Crippen molar-refractivity contribution in [3.63, 3.8) is 0 Å². The number of methoxy groups -OCH3 is 1. The second-order valence-corrected chi connectivity index (χ2v) is 7.01. The zero-order chi connectivity index (χ0) is 19.1. The average Bonchev–Trinajstić information content (AvgIpc) is 3.17. The van der Waals surface area contributed by atoms with E-state index >= 15 is 0 Å². The lowest BCUT2D eigenvalue weighted by molar-refractivity contribution is 0.311. The van der Waals surface area contributed by atoms with Crippen LogP contribution < -0.4 is 15.4 Å². The van der Waals surface area contributed by atoms with Gasteiger partial charge in [-0.3, -0.25) is 0 Å². The van der Waals surface area contributed by atoms with E-state index in [1.165, 1.54) is 18.7 Å². The number of aliphatic hydroxyl groups excluding tert-OH is 1. The molecule has 3 rings (SSSR count). The fraction of sp³-hybridized carbons (Fsp3) is 0.476. The molecule has 3 N–H and O–H groups in total. The van der Waals surface area contributed by atoms with Gasteiger partial charge in [-0.1, -0.05) is 12.1 Å². The van der Waals surface area contributed by atoms with Gasteiger partial charge >= 0.3 is 0 Å². The highest BCUT2D eigenvalue weighted by Crippen LogP contribution is 2.34. The van der Waals surface area contributed by atoms with Gasteiger partial charge in [-0.25, -0.2) is 9.37 Å². The van der Waals surface area contributed by atoms with Gasteiger partial charge in [0.15, 0.2) is 11.6 Å². The molecule has 0 saturated heterocycles. The third-order valence-electron chi connectivity index (χ3n) is 5.17. The molecule has 2 aromatic rings. The topological polar surface area (TPSA) is 66.4 Å². The van der Waals surface area contributed by atoms with E-state index in [0.29, 0.717) is 24.3 Å². The minimum absolute atomic E-state index is 0.101. The first kappa shape index (κ1) is 19.6. The Labute approximate surface area is 160 Å². The maximum Gasteiger partial charge on any atom is 0.165 e. The summed E-state index contributed by atoms with van der Waals surface area (Å²) in [6.45, 7) is 1.49. The van der Waals surface area contributed by atoms with Gasteiger partial charge in [-0.05, 0) is 67.5 Å². The van der Waals surface area contributed by atoms with Crippen molar-refractivity contribution in [1.82, 2.24) is 10.3 Å². The van der Waals surface area contributed by atoms with Gasteiger partial charge < -0.3 is 20.5 Å². The maximum atomic E-state index is 13.5. The van der Waals surface area contributed by atoms with Gasteiger partial charge in [-0.15, -0.1) is 0 Å². The maximum absolute atomic E-state index is 13.5. The van der Waals surface area contributed by atoms with Crippen molar-refractivity contribution < 1.29 is 14.2 Å². The molecule has 0 spiro atoms. The minimum atomic E-state index is -0.320. The number of ether oxygens (including phenoxy) is 1. The summed E-state index contributed by atoms with van der Waals surface area (Å²) in [5.41, 5.74) is 2.35. The summed E-state index contributed by atoms with van der Waals surface area (Å²) in [6, 6.07) is 9.66. The molecule has 1 saturated carbocycles. The number of nitrogens with zero attached hydrogens (tertiary/aromatic N) is 1. The van der Waals surface area contributed by atoms with E-state index in [2.05, 4.69) is 21.7 Å². The predicted octanol–water partition coefficient (Wildman–Crippen LogP) is 3.10. The summed E-state index contributed by atoms with van der Waals surface area (Å²) in [5.74, 6) is 1.32. The Hall–Kier alpha value is -2.18. The predicted molar refractivity (Wildman–Crippen MR) is 105 cm³/mol. The van der Waals surface area contributed by atoms with E-state index in [4.69, 9.17) is 9.84 Å². The van der Waals surface area contributed by atoms with Crippen LogP contribution in [-0.2, 0) is 6.42 Å². The van der Waals surface area contributed by atoms with Gasteiger partial charge in [0.25, 0.3) is 0 Å². The van der Waals surface area contributed by atoms with E-state index in [9.17, 15) is 4.39 Å². The molecule has 1 aromatic carbocycles.